The van der Waals surface area contributed by atoms with Gasteiger partial charge in [-0.25, -0.2) is 0 Å². The van der Waals surface area contributed by atoms with Crippen molar-refractivity contribution in [3.8, 4) is 0 Å². The Hall–Kier alpha value is -1.82. The fraction of sp³-hybridized carbons (Fsp3) is 0.600. The maximum atomic E-state index is 12.1. The van der Waals surface area contributed by atoms with Crippen LogP contribution in [0.1, 0.15) is 20.3 Å². The highest BCUT2D eigenvalue weighted by Crippen LogP contribution is 2.05. The molecule has 21 heavy (non-hydrogen) atoms. The number of hydrogen-bond acceptors (Lipinski definition) is 4. The van der Waals surface area contributed by atoms with Gasteiger partial charge in [-0.3, -0.25) is 9.59 Å². The van der Waals surface area contributed by atoms with Crippen molar-refractivity contribution in [3.05, 3.63) is 28.7 Å². The van der Waals surface area contributed by atoms with Gasteiger partial charge in [0.2, 0.25) is 5.91 Å². The third-order valence-corrected chi connectivity index (χ3v) is 3.03. The number of anilines is 1. The fourth-order valence-electron chi connectivity index (χ4n) is 2.29. The fourth-order valence-corrected chi connectivity index (χ4v) is 2.29. The van der Waals surface area contributed by atoms with Gasteiger partial charge in [-0.1, -0.05) is 13.8 Å². The van der Waals surface area contributed by atoms with E-state index in [0.717, 1.165) is 13.0 Å². The molecule has 1 aromatic rings. The standard InChI is InChI=1S/C15H26N4O2/c1-11(2)7-13(9-18(3)4)17-14(20)10-19-8-12(16)5-6-15(19)21/h5-6,8,11,13H,7,9-10,16H2,1-4H3,(H,17,20). The average Bonchev–Trinajstić information content (AvgIpc) is 2.31. The number of amides is 1. The molecule has 3 N–H and O–H groups in total. The van der Waals surface area contributed by atoms with Crippen molar-refractivity contribution in [2.24, 2.45) is 5.92 Å². The van der Waals surface area contributed by atoms with Crippen molar-refractivity contribution in [2.75, 3.05) is 26.4 Å². The lowest BCUT2D eigenvalue weighted by molar-refractivity contribution is -0.122. The third kappa shape index (κ3) is 6.44. The SMILES string of the molecule is CC(C)CC(CN(C)C)NC(=O)Cn1cc(N)ccc1=O. The molecule has 118 valence electrons. The minimum atomic E-state index is -0.229. The smallest absolute Gasteiger partial charge is 0.251 e. The van der Waals surface area contributed by atoms with Crippen molar-refractivity contribution in [1.82, 2.24) is 14.8 Å². The van der Waals surface area contributed by atoms with Crippen molar-refractivity contribution >= 4 is 11.6 Å². The van der Waals surface area contributed by atoms with Crippen LogP contribution in [0.2, 0.25) is 0 Å². The molecule has 1 unspecified atom stereocenters. The van der Waals surface area contributed by atoms with Crippen LogP contribution in [-0.2, 0) is 11.3 Å². The summed E-state index contributed by atoms with van der Waals surface area (Å²) in [5.41, 5.74) is 5.88. The second kappa shape index (κ2) is 7.83. The number of carbonyl (C=O) groups is 1. The summed E-state index contributed by atoms with van der Waals surface area (Å²) in [7, 11) is 3.95. The molecule has 1 rings (SSSR count). The van der Waals surface area contributed by atoms with Crippen LogP contribution >= 0.6 is 0 Å². The molecule has 0 saturated heterocycles. The number of carbonyl (C=O) groups excluding carboxylic acids is 1. The highest BCUT2D eigenvalue weighted by atomic mass is 16.2. The van der Waals surface area contributed by atoms with E-state index < -0.39 is 0 Å². The van der Waals surface area contributed by atoms with Crippen LogP contribution in [0, 0.1) is 5.92 Å². The highest BCUT2D eigenvalue weighted by molar-refractivity contribution is 5.76. The van der Waals surface area contributed by atoms with Crippen molar-refractivity contribution in [2.45, 2.75) is 32.9 Å². The molecule has 6 nitrogen and oxygen atoms in total. The lowest BCUT2D eigenvalue weighted by Crippen LogP contribution is -2.44. The molecule has 0 aliphatic rings. The van der Waals surface area contributed by atoms with Gasteiger partial charge in [0, 0.05) is 30.5 Å². The van der Waals surface area contributed by atoms with Gasteiger partial charge >= 0.3 is 0 Å². The first-order valence-corrected chi connectivity index (χ1v) is 7.18. The predicted octanol–water partition coefficient (Wildman–Crippen LogP) is 0.523. The summed E-state index contributed by atoms with van der Waals surface area (Å²) in [5, 5.41) is 2.99. The van der Waals surface area contributed by atoms with E-state index in [9.17, 15) is 9.59 Å². The van der Waals surface area contributed by atoms with Crippen molar-refractivity contribution in [1.29, 1.82) is 0 Å². The van der Waals surface area contributed by atoms with E-state index in [4.69, 9.17) is 5.73 Å². The molecule has 0 radical (unpaired) electrons. The van der Waals surface area contributed by atoms with Gasteiger partial charge in [0.1, 0.15) is 6.54 Å². The molecule has 1 amide bonds. The minimum Gasteiger partial charge on any atom is -0.398 e. The number of hydrogen-bond donors (Lipinski definition) is 2. The Bertz CT molecular complexity index is 513. The summed E-state index contributed by atoms with van der Waals surface area (Å²) in [4.78, 5) is 25.8. The number of aromatic nitrogens is 1. The normalized spacial score (nSPS) is 12.7. The molecule has 1 heterocycles. The Balaban J connectivity index is 2.68. The molecule has 1 atom stereocenters. The van der Waals surface area contributed by atoms with Gasteiger partial charge in [-0.2, -0.15) is 0 Å². The van der Waals surface area contributed by atoms with E-state index in [1.54, 1.807) is 0 Å². The molecule has 0 aliphatic heterocycles. The topological polar surface area (TPSA) is 80.4 Å². The van der Waals surface area contributed by atoms with E-state index in [-0.39, 0.29) is 24.1 Å². The van der Waals surface area contributed by atoms with Crippen molar-refractivity contribution in [3.63, 3.8) is 0 Å². The van der Waals surface area contributed by atoms with E-state index >= 15 is 0 Å². The van der Waals surface area contributed by atoms with Gasteiger partial charge in [-0.05, 0) is 32.5 Å². The first-order chi connectivity index (χ1) is 9.77. The Kier molecular flexibility index (Phi) is 6.42. The molecule has 0 saturated carbocycles. The average molecular weight is 294 g/mol. The monoisotopic (exact) mass is 294 g/mol. The number of nitrogens with two attached hydrogens (primary N) is 1. The Morgan fingerprint density at radius 2 is 2.05 bits per heavy atom. The number of nitrogens with zero attached hydrogens (tertiary/aromatic N) is 2. The summed E-state index contributed by atoms with van der Waals surface area (Å²) >= 11 is 0. The summed E-state index contributed by atoms with van der Waals surface area (Å²) in [6.07, 6.45) is 2.39. The summed E-state index contributed by atoms with van der Waals surface area (Å²) in [6.45, 7) is 5.01. The summed E-state index contributed by atoms with van der Waals surface area (Å²) in [5.74, 6) is 0.320. The lowest BCUT2D eigenvalue weighted by atomic mass is 10.0. The molecule has 0 fully saturated rings. The molecular weight excluding hydrogens is 268 g/mol. The Morgan fingerprint density at radius 1 is 1.38 bits per heavy atom. The van der Waals surface area contributed by atoms with E-state index in [1.807, 2.05) is 19.0 Å². The minimum absolute atomic E-state index is 0.00804. The number of pyridine rings is 1. The van der Waals surface area contributed by atoms with Crippen LogP contribution in [0.15, 0.2) is 23.1 Å². The molecule has 0 spiro atoms. The van der Waals surface area contributed by atoms with Crippen molar-refractivity contribution < 1.29 is 4.79 Å². The van der Waals surface area contributed by atoms with Gasteiger partial charge in [-0.15, -0.1) is 0 Å². The van der Waals surface area contributed by atoms with Crippen LogP contribution in [-0.4, -0.2) is 42.1 Å². The highest BCUT2D eigenvalue weighted by Gasteiger charge is 2.15. The van der Waals surface area contributed by atoms with Gasteiger partial charge in [0.25, 0.3) is 5.56 Å². The lowest BCUT2D eigenvalue weighted by Gasteiger charge is -2.24. The van der Waals surface area contributed by atoms with Gasteiger partial charge in [0.05, 0.1) is 0 Å². The molecule has 6 heteroatoms. The summed E-state index contributed by atoms with van der Waals surface area (Å²) in [6, 6.07) is 2.97. The van der Waals surface area contributed by atoms with Crippen LogP contribution in [0.3, 0.4) is 0 Å². The zero-order valence-electron chi connectivity index (χ0n) is 13.3. The van der Waals surface area contributed by atoms with E-state index in [2.05, 4.69) is 19.2 Å². The second-order valence-corrected chi connectivity index (χ2v) is 6.08. The zero-order valence-corrected chi connectivity index (χ0v) is 13.3. The molecule has 0 aliphatic carbocycles. The quantitative estimate of drug-likeness (QED) is 0.768. The van der Waals surface area contributed by atoms with E-state index in [0.29, 0.717) is 11.6 Å². The summed E-state index contributed by atoms with van der Waals surface area (Å²) < 4.78 is 1.33. The van der Waals surface area contributed by atoms with Crippen LogP contribution in [0.4, 0.5) is 5.69 Å². The van der Waals surface area contributed by atoms with Crippen LogP contribution < -0.4 is 16.6 Å². The Labute approximate surface area is 125 Å². The number of likely N-dealkylation sites (N-methyl/N-ethyl adjacent to an activating group) is 1. The van der Waals surface area contributed by atoms with Crippen LogP contribution in [0.25, 0.3) is 0 Å². The second-order valence-electron chi connectivity index (χ2n) is 6.08. The molecule has 1 aromatic heterocycles. The number of nitrogens with one attached hydrogen (secondary N) is 1. The van der Waals surface area contributed by atoms with Crippen LogP contribution in [0.5, 0.6) is 0 Å². The molecule has 0 bridgehead atoms. The maximum Gasteiger partial charge on any atom is 0.251 e. The van der Waals surface area contributed by atoms with Gasteiger partial charge in [0.15, 0.2) is 0 Å². The Morgan fingerprint density at radius 3 is 2.62 bits per heavy atom. The van der Waals surface area contributed by atoms with Gasteiger partial charge < -0.3 is 20.5 Å². The molecular formula is C15H26N4O2. The zero-order chi connectivity index (χ0) is 16.0. The van der Waals surface area contributed by atoms with E-state index in [1.165, 1.54) is 22.9 Å². The first-order valence-electron chi connectivity index (χ1n) is 7.18. The predicted molar refractivity (Wildman–Crippen MR) is 85.1 cm³/mol. The molecule has 0 aromatic carbocycles. The first kappa shape index (κ1) is 17.2. The number of rotatable bonds is 7. The number of nitrogen functional groups attached to an aromatic ring is 1. The maximum absolute atomic E-state index is 12.1. The third-order valence-electron chi connectivity index (χ3n) is 3.03. The largest absolute Gasteiger partial charge is 0.398 e.